The predicted molar refractivity (Wildman–Crippen MR) is 94.0 cm³/mol. The van der Waals surface area contributed by atoms with Gasteiger partial charge in [0.25, 0.3) is 11.5 Å². The van der Waals surface area contributed by atoms with Crippen LogP contribution in [0.5, 0.6) is 0 Å². The first-order chi connectivity index (χ1) is 11.1. The number of rotatable bonds is 5. The topological polar surface area (TPSA) is 80.9 Å². The van der Waals surface area contributed by atoms with Crippen LogP contribution in [0.1, 0.15) is 42.4 Å². The number of H-pyrrole nitrogens is 1. The first kappa shape index (κ1) is 15.6. The molecule has 0 radical (unpaired) electrons. The maximum absolute atomic E-state index is 12.4. The van der Waals surface area contributed by atoms with Crippen molar-refractivity contribution in [1.29, 1.82) is 0 Å². The van der Waals surface area contributed by atoms with Crippen molar-refractivity contribution in [1.82, 2.24) is 9.55 Å². The van der Waals surface area contributed by atoms with Crippen LogP contribution in [0.25, 0.3) is 22.0 Å². The van der Waals surface area contributed by atoms with E-state index in [0.717, 1.165) is 29.5 Å². The van der Waals surface area contributed by atoms with Gasteiger partial charge >= 0.3 is 0 Å². The summed E-state index contributed by atoms with van der Waals surface area (Å²) in [5, 5.41) is 2.53. The van der Waals surface area contributed by atoms with Gasteiger partial charge in [0.2, 0.25) is 0 Å². The van der Waals surface area contributed by atoms with Crippen LogP contribution in [0.2, 0.25) is 0 Å². The third kappa shape index (κ3) is 2.59. The number of hydrogen-bond acceptors (Lipinski definition) is 3. The first-order valence-electron chi connectivity index (χ1n) is 7.67. The summed E-state index contributed by atoms with van der Waals surface area (Å²) in [7, 11) is 0. The van der Waals surface area contributed by atoms with E-state index in [2.05, 4.69) is 23.4 Å². The highest BCUT2D eigenvalue weighted by molar-refractivity contribution is 7.12. The van der Waals surface area contributed by atoms with E-state index in [4.69, 9.17) is 5.73 Å². The van der Waals surface area contributed by atoms with E-state index in [-0.39, 0.29) is 5.56 Å². The predicted octanol–water partition coefficient (Wildman–Crippen LogP) is 3.52. The number of aromatic amines is 1. The van der Waals surface area contributed by atoms with Gasteiger partial charge in [0.15, 0.2) is 0 Å². The summed E-state index contributed by atoms with van der Waals surface area (Å²) in [5.41, 5.74) is 7.85. The molecular weight excluding hydrogens is 310 g/mol. The minimum Gasteiger partial charge on any atom is -0.365 e. The molecule has 0 aliphatic heterocycles. The SMILES string of the molecule is CCC(CC)n1cc(-c2csc(C(N)=O)c2)c2c(=O)[nH]ccc21. The van der Waals surface area contributed by atoms with Crippen LogP contribution >= 0.6 is 11.3 Å². The number of pyridine rings is 1. The Morgan fingerprint density at radius 1 is 1.39 bits per heavy atom. The summed E-state index contributed by atoms with van der Waals surface area (Å²) in [6.07, 6.45) is 5.67. The number of carbonyl (C=O) groups is 1. The molecule has 3 heterocycles. The van der Waals surface area contributed by atoms with E-state index in [1.165, 1.54) is 11.3 Å². The molecule has 0 aromatic carbocycles. The number of nitrogens with two attached hydrogens (primary N) is 1. The summed E-state index contributed by atoms with van der Waals surface area (Å²) in [4.78, 5) is 27.0. The van der Waals surface area contributed by atoms with Crippen LogP contribution in [0.15, 0.2) is 34.7 Å². The lowest BCUT2D eigenvalue weighted by Crippen LogP contribution is -2.08. The zero-order chi connectivity index (χ0) is 16.6. The summed E-state index contributed by atoms with van der Waals surface area (Å²) < 4.78 is 2.17. The van der Waals surface area contributed by atoms with Gasteiger partial charge in [-0.2, -0.15) is 0 Å². The molecule has 0 spiro atoms. The Morgan fingerprint density at radius 2 is 2.13 bits per heavy atom. The molecule has 5 nitrogen and oxygen atoms in total. The lowest BCUT2D eigenvalue weighted by Gasteiger charge is -2.15. The Bertz CT molecular complexity index is 915. The van der Waals surface area contributed by atoms with Crippen molar-refractivity contribution in [3.8, 4) is 11.1 Å². The zero-order valence-corrected chi connectivity index (χ0v) is 13.9. The largest absolute Gasteiger partial charge is 0.365 e. The second-order valence-electron chi connectivity index (χ2n) is 5.55. The second kappa shape index (κ2) is 6.04. The highest BCUT2D eigenvalue weighted by Crippen LogP contribution is 2.34. The third-order valence-electron chi connectivity index (χ3n) is 4.24. The summed E-state index contributed by atoms with van der Waals surface area (Å²) >= 11 is 1.30. The standard InChI is InChI=1S/C17H19N3O2S/c1-3-11(4-2)20-8-12(10-7-14(16(18)21)23-9-10)15-13(20)5-6-19-17(15)22/h5-9,11H,3-4H2,1-2H3,(H2,18,21)(H,19,22). The molecule has 0 aliphatic carbocycles. The molecule has 3 N–H and O–H groups in total. The van der Waals surface area contributed by atoms with Crippen LogP contribution in [0, 0.1) is 0 Å². The molecule has 23 heavy (non-hydrogen) atoms. The summed E-state index contributed by atoms with van der Waals surface area (Å²) in [6.45, 7) is 4.28. The van der Waals surface area contributed by atoms with Crippen molar-refractivity contribution in [2.45, 2.75) is 32.7 Å². The van der Waals surface area contributed by atoms with Crippen LogP contribution < -0.4 is 11.3 Å². The average Bonchev–Trinajstić information content (AvgIpc) is 3.14. The molecule has 0 atom stereocenters. The quantitative estimate of drug-likeness (QED) is 0.751. The molecule has 0 unspecified atom stereocenters. The Labute approximate surface area is 137 Å². The molecule has 0 saturated heterocycles. The number of nitrogens with zero attached hydrogens (tertiary/aromatic N) is 1. The number of fused-ring (bicyclic) bond motifs is 1. The molecule has 3 aromatic heterocycles. The molecule has 0 aliphatic rings. The number of thiophene rings is 1. The number of amides is 1. The third-order valence-corrected chi connectivity index (χ3v) is 5.19. The highest BCUT2D eigenvalue weighted by atomic mass is 32.1. The van der Waals surface area contributed by atoms with E-state index in [9.17, 15) is 9.59 Å². The van der Waals surface area contributed by atoms with Crippen molar-refractivity contribution >= 4 is 28.1 Å². The van der Waals surface area contributed by atoms with E-state index in [0.29, 0.717) is 16.3 Å². The smallest absolute Gasteiger partial charge is 0.258 e. The molecule has 6 heteroatoms. The Hall–Kier alpha value is -2.34. The van der Waals surface area contributed by atoms with Gasteiger partial charge in [0.05, 0.1) is 15.8 Å². The van der Waals surface area contributed by atoms with Crippen LogP contribution in [0.3, 0.4) is 0 Å². The lowest BCUT2D eigenvalue weighted by molar-refractivity contribution is 0.100. The molecule has 0 bridgehead atoms. The Kier molecular flexibility index (Phi) is 4.09. The van der Waals surface area contributed by atoms with Crippen molar-refractivity contribution in [3.63, 3.8) is 0 Å². The van der Waals surface area contributed by atoms with Gasteiger partial charge in [0.1, 0.15) is 0 Å². The number of primary amides is 1. The van der Waals surface area contributed by atoms with Gasteiger partial charge in [-0.25, -0.2) is 0 Å². The fourth-order valence-corrected chi connectivity index (χ4v) is 3.79. The van der Waals surface area contributed by atoms with Crippen molar-refractivity contribution in [3.05, 3.63) is 45.1 Å². The highest BCUT2D eigenvalue weighted by Gasteiger charge is 2.18. The van der Waals surface area contributed by atoms with Gasteiger partial charge < -0.3 is 15.3 Å². The van der Waals surface area contributed by atoms with E-state index in [1.54, 1.807) is 12.3 Å². The first-order valence-corrected chi connectivity index (χ1v) is 8.55. The van der Waals surface area contributed by atoms with Gasteiger partial charge in [-0.15, -0.1) is 11.3 Å². The van der Waals surface area contributed by atoms with Crippen molar-refractivity contribution < 1.29 is 4.79 Å². The van der Waals surface area contributed by atoms with Crippen molar-refractivity contribution in [2.75, 3.05) is 0 Å². The van der Waals surface area contributed by atoms with Crippen molar-refractivity contribution in [2.24, 2.45) is 5.73 Å². The van der Waals surface area contributed by atoms with E-state index in [1.807, 2.05) is 17.6 Å². The minimum absolute atomic E-state index is 0.117. The fraction of sp³-hybridized carbons (Fsp3) is 0.294. The maximum Gasteiger partial charge on any atom is 0.258 e. The van der Waals surface area contributed by atoms with Crippen LogP contribution in [0.4, 0.5) is 0 Å². The number of hydrogen-bond donors (Lipinski definition) is 2. The number of nitrogens with one attached hydrogen (secondary N) is 1. The van der Waals surface area contributed by atoms with Gasteiger partial charge in [-0.3, -0.25) is 9.59 Å². The fourth-order valence-electron chi connectivity index (χ4n) is 3.03. The number of aromatic nitrogens is 2. The molecule has 0 fully saturated rings. The number of carbonyl (C=O) groups excluding carboxylic acids is 1. The van der Waals surface area contributed by atoms with E-state index < -0.39 is 5.91 Å². The van der Waals surface area contributed by atoms with E-state index >= 15 is 0 Å². The molecular formula is C17H19N3O2S. The molecule has 1 amide bonds. The zero-order valence-electron chi connectivity index (χ0n) is 13.1. The van der Waals surface area contributed by atoms with Crippen LogP contribution in [-0.2, 0) is 0 Å². The molecule has 3 aromatic rings. The molecule has 0 saturated carbocycles. The van der Waals surface area contributed by atoms with Crippen LogP contribution in [-0.4, -0.2) is 15.5 Å². The normalized spacial score (nSPS) is 11.4. The monoisotopic (exact) mass is 329 g/mol. The average molecular weight is 329 g/mol. The summed E-state index contributed by atoms with van der Waals surface area (Å²) in [5.74, 6) is -0.445. The lowest BCUT2D eigenvalue weighted by atomic mass is 10.1. The molecule has 120 valence electrons. The minimum atomic E-state index is -0.445. The Morgan fingerprint density at radius 3 is 2.74 bits per heavy atom. The van der Waals surface area contributed by atoms with Gasteiger partial charge in [-0.05, 0) is 35.9 Å². The summed E-state index contributed by atoms with van der Waals surface area (Å²) in [6, 6.07) is 4.02. The maximum atomic E-state index is 12.4. The second-order valence-corrected chi connectivity index (χ2v) is 6.46. The van der Waals surface area contributed by atoms with Gasteiger partial charge in [0, 0.05) is 24.0 Å². The Balaban J connectivity index is 2.28. The van der Waals surface area contributed by atoms with Gasteiger partial charge in [-0.1, -0.05) is 13.8 Å². The molecule has 3 rings (SSSR count).